The van der Waals surface area contributed by atoms with E-state index in [9.17, 15) is 18.4 Å². The first-order chi connectivity index (χ1) is 15.2. The van der Waals surface area contributed by atoms with E-state index in [1.807, 2.05) is 0 Å². The van der Waals surface area contributed by atoms with Crippen LogP contribution in [0.4, 0.5) is 8.78 Å². The number of benzene rings is 2. The lowest BCUT2D eigenvalue weighted by atomic mass is 10.1. The molecular formula is C21H17BrF2N2O6. The van der Waals surface area contributed by atoms with E-state index < -0.39 is 47.5 Å². The minimum atomic E-state index is -1.30. The lowest BCUT2D eigenvalue weighted by Crippen LogP contribution is -2.20. The topological polar surface area (TPSA) is 114 Å². The van der Waals surface area contributed by atoms with Gasteiger partial charge >= 0.3 is 5.97 Å². The van der Waals surface area contributed by atoms with Crippen molar-refractivity contribution in [2.75, 3.05) is 13.7 Å². The number of oxazole rings is 1. The Morgan fingerprint density at radius 3 is 2.66 bits per heavy atom. The molecule has 0 saturated heterocycles. The Morgan fingerprint density at radius 1 is 1.25 bits per heavy atom. The minimum Gasteiger partial charge on any atom is -0.497 e. The van der Waals surface area contributed by atoms with E-state index in [1.165, 1.54) is 14.0 Å². The summed E-state index contributed by atoms with van der Waals surface area (Å²) in [5, 5.41) is 0. The Hall–Kier alpha value is -3.47. The summed E-state index contributed by atoms with van der Waals surface area (Å²) >= 11 is 3.27. The van der Waals surface area contributed by atoms with Crippen LogP contribution < -0.4 is 15.2 Å². The first kappa shape index (κ1) is 23.2. The fourth-order valence-electron chi connectivity index (χ4n) is 2.76. The molecule has 3 aromatic rings. The van der Waals surface area contributed by atoms with Crippen molar-refractivity contribution in [3.63, 3.8) is 0 Å². The monoisotopic (exact) mass is 510 g/mol. The fraction of sp³-hybridized carbons (Fsp3) is 0.190. The second-order valence-corrected chi connectivity index (χ2v) is 7.13. The number of nitrogens with zero attached hydrogens (tertiary/aromatic N) is 1. The predicted octanol–water partition coefficient (Wildman–Crippen LogP) is 4.17. The van der Waals surface area contributed by atoms with Crippen LogP contribution in [-0.4, -0.2) is 30.6 Å². The third kappa shape index (κ3) is 5.05. The van der Waals surface area contributed by atoms with Crippen LogP contribution in [0.15, 0.2) is 45.5 Å². The number of carbonyl (C=O) groups is 2. The Kier molecular flexibility index (Phi) is 7.08. The van der Waals surface area contributed by atoms with Gasteiger partial charge in [0.1, 0.15) is 29.4 Å². The number of hydrogen-bond donors (Lipinski definition) is 1. The van der Waals surface area contributed by atoms with Crippen molar-refractivity contribution in [2.45, 2.75) is 13.0 Å². The lowest BCUT2D eigenvalue weighted by Gasteiger charge is -2.17. The van der Waals surface area contributed by atoms with Gasteiger partial charge in [-0.25, -0.2) is 13.8 Å². The minimum absolute atomic E-state index is 0.0692. The summed E-state index contributed by atoms with van der Waals surface area (Å²) in [5.74, 6) is -4.37. The van der Waals surface area contributed by atoms with Crippen LogP contribution in [-0.2, 0) is 9.53 Å². The van der Waals surface area contributed by atoms with Crippen LogP contribution >= 0.6 is 15.9 Å². The molecule has 0 spiro atoms. The highest BCUT2D eigenvalue weighted by Gasteiger charge is 2.27. The van der Waals surface area contributed by atoms with Crippen molar-refractivity contribution in [3.8, 4) is 22.8 Å². The molecule has 1 unspecified atom stereocenters. The number of esters is 1. The number of primary amides is 1. The van der Waals surface area contributed by atoms with Crippen LogP contribution in [0.25, 0.3) is 11.3 Å². The van der Waals surface area contributed by atoms with Crippen molar-refractivity contribution in [1.29, 1.82) is 0 Å². The van der Waals surface area contributed by atoms with Gasteiger partial charge in [-0.15, -0.1) is 0 Å². The molecule has 11 heteroatoms. The van der Waals surface area contributed by atoms with Crippen LogP contribution in [0.3, 0.4) is 0 Å². The Bertz CT molecular complexity index is 1170. The molecule has 1 atom stereocenters. The van der Waals surface area contributed by atoms with Crippen molar-refractivity contribution in [3.05, 3.63) is 64.2 Å². The third-order valence-electron chi connectivity index (χ3n) is 4.23. The highest BCUT2D eigenvalue weighted by molar-refractivity contribution is 9.10. The number of carbonyl (C=O) groups excluding carboxylic acids is 2. The van der Waals surface area contributed by atoms with Gasteiger partial charge in [-0.3, -0.25) is 9.59 Å². The molecule has 0 aliphatic heterocycles. The number of methoxy groups -OCH3 is 1. The van der Waals surface area contributed by atoms with E-state index in [4.69, 9.17) is 24.4 Å². The third-order valence-corrected chi connectivity index (χ3v) is 4.77. The Balaban J connectivity index is 1.99. The smallest absolute Gasteiger partial charge is 0.302 e. The number of hydrogen-bond acceptors (Lipinski definition) is 7. The summed E-state index contributed by atoms with van der Waals surface area (Å²) in [6, 6.07) is 8.77. The molecule has 168 valence electrons. The number of halogens is 3. The van der Waals surface area contributed by atoms with Gasteiger partial charge in [0.2, 0.25) is 12.0 Å². The molecule has 0 saturated carbocycles. The molecule has 3 rings (SSSR count). The number of amides is 1. The summed E-state index contributed by atoms with van der Waals surface area (Å²) in [4.78, 5) is 27.1. The maximum atomic E-state index is 14.6. The average Bonchev–Trinajstić information content (AvgIpc) is 3.13. The van der Waals surface area contributed by atoms with Crippen molar-refractivity contribution < 1.29 is 37.0 Å². The molecule has 0 bridgehead atoms. The Labute approximate surface area is 189 Å². The summed E-state index contributed by atoms with van der Waals surface area (Å²) in [5.41, 5.74) is 5.11. The van der Waals surface area contributed by atoms with E-state index in [0.29, 0.717) is 17.0 Å². The second-order valence-electron chi connectivity index (χ2n) is 6.41. The molecule has 0 aliphatic carbocycles. The van der Waals surface area contributed by atoms with E-state index in [2.05, 4.69) is 20.9 Å². The molecule has 1 heterocycles. The highest BCUT2D eigenvalue weighted by Crippen LogP contribution is 2.34. The van der Waals surface area contributed by atoms with Crippen LogP contribution in [0.2, 0.25) is 0 Å². The molecule has 1 amide bonds. The van der Waals surface area contributed by atoms with Gasteiger partial charge < -0.3 is 24.4 Å². The maximum Gasteiger partial charge on any atom is 0.302 e. The second kappa shape index (κ2) is 9.77. The number of nitrogens with two attached hydrogens (primary N) is 1. The SMILES string of the molecule is COc1cccc(-c2nc(C(COC(C)=O)Oc3ccc(F)c(C(N)=O)c3F)oc2Br)c1. The largest absolute Gasteiger partial charge is 0.497 e. The van der Waals surface area contributed by atoms with Crippen molar-refractivity contribution in [1.82, 2.24) is 4.98 Å². The van der Waals surface area contributed by atoms with Gasteiger partial charge in [-0.05, 0) is 40.2 Å². The molecule has 1 aromatic heterocycles. The predicted molar refractivity (Wildman–Crippen MR) is 111 cm³/mol. The number of ether oxygens (including phenoxy) is 3. The molecule has 2 N–H and O–H groups in total. The zero-order chi connectivity index (χ0) is 23.4. The molecule has 0 aliphatic rings. The lowest BCUT2D eigenvalue weighted by molar-refractivity contribution is -0.143. The van der Waals surface area contributed by atoms with E-state index >= 15 is 0 Å². The summed E-state index contributed by atoms with van der Waals surface area (Å²) < 4.78 is 50.0. The summed E-state index contributed by atoms with van der Waals surface area (Å²) in [6.07, 6.45) is -1.23. The molecule has 2 aromatic carbocycles. The fourth-order valence-corrected chi connectivity index (χ4v) is 3.24. The van der Waals surface area contributed by atoms with Crippen LogP contribution in [0, 0.1) is 11.6 Å². The van der Waals surface area contributed by atoms with E-state index in [1.54, 1.807) is 24.3 Å². The number of aromatic nitrogens is 1. The van der Waals surface area contributed by atoms with E-state index in [-0.39, 0.29) is 10.6 Å². The van der Waals surface area contributed by atoms with Crippen LogP contribution in [0.5, 0.6) is 11.5 Å². The van der Waals surface area contributed by atoms with Gasteiger partial charge in [0.25, 0.3) is 5.91 Å². The molecule has 8 nitrogen and oxygen atoms in total. The first-order valence-electron chi connectivity index (χ1n) is 9.09. The number of rotatable bonds is 8. The van der Waals surface area contributed by atoms with Crippen LogP contribution in [0.1, 0.15) is 29.3 Å². The summed E-state index contributed by atoms with van der Waals surface area (Å²) in [7, 11) is 1.52. The van der Waals surface area contributed by atoms with Gasteiger partial charge in [0, 0.05) is 12.5 Å². The highest BCUT2D eigenvalue weighted by atomic mass is 79.9. The molecule has 0 radical (unpaired) electrons. The van der Waals surface area contributed by atoms with Gasteiger partial charge in [-0.2, -0.15) is 0 Å². The zero-order valence-corrected chi connectivity index (χ0v) is 18.4. The Morgan fingerprint density at radius 2 is 2.00 bits per heavy atom. The molecule has 0 fully saturated rings. The summed E-state index contributed by atoms with van der Waals surface area (Å²) in [6.45, 7) is 0.774. The van der Waals surface area contributed by atoms with Gasteiger partial charge in [-0.1, -0.05) is 12.1 Å². The first-order valence-corrected chi connectivity index (χ1v) is 9.89. The van der Waals surface area contributed by atoms with Crippen molar-refractivity contribution in [2.24, 2.45) is 5.73 Å². The van der Waals surface area contributed by atoms with Gasteiger partial charge in [0.15, 0.2) is 16.2 Å². The standard InChI is InChI=1S/C21H17BrF2N2O6/c1-10(27)30-9-15(31-14-7-6-13(23)16(17(14)24)20(25)28)21-26-18(19(22)32-21)11-4-3-5-12(8-11)29-2/h3-8,15H,9H2,1-2H3,(H2,25,28). The van der Waals surface area contributed by atoms with Gasteiger partial charge in [0.05, 0.1) is 7.11 Å². The maximum absolute atomic E-state index is 14.6. The molecular weight excluding hydrogens is 494 g/mol. The average molecular weight is 511 g/mol. The molecule has 32 heavy (non-hydrogen) atoms. The normalized spacial score (nSPS) is 11.7. The van der Waals surface area contributed by atoms with Crippen molar-refractivity contribution >= 4 is 27.8 Å². The van der Waals surface area contributed by atoms with E-state index in [0.717, 1.165) is 12.1 Å². The zero-order valence-electron chi connectivity index (χ0n) is 16.9. The quantitative estimate of drug-likeness (QED) is 0.452.